The Labute approximate surface area is 77.8 Å². The Morgan fingerprint density at radius 1 is 1.33 bits per heavy atom. The summed E-state index contributed by atoms with van der Waals surface area (Å²) in [6.45, 7) is 8.24. The van der Waals surface area contributed by atoms with E-state index in [1.54, 1.807) is 7.11 Å². The number of thiazole rings is 1. The Kier molecular flexibility index (Phi) is 3.23. The summed E-state index contributed by atoms with van der Waals surface area (Å²) in [7, 11) is 1.74. The molecule has 12 heavy (non-hydrogen) atoms. The number of hydrogen-bond acceptors (Lipinski definition) is 2. The van der Waals surface area contributed by atoms with Gasteiger partial charge in [0, 0.05) is 21.0 Å². The van der Waals surface area contributed by atoms with E-state index in [0.717, 1.165) is 13.2 Å². The topological polar surface area (TPSA) is 13.1 Å². The van der Waals surface area contributed by atoms with Crippen LogP contribution in [0.5, 0.6) is 0 Å². The summed E-state index contributed by atoms with van der Waals surface area (Å²) >= 11 is 1.85. The fraction of sp³-hybridized carbons (Fsp3) is 0.667. The fourth-order valence-corrected chi connectivity index (χ4v) is 2.32. The highest BCUT2D eigenvalue weighted by Crippen LogP contribution is 2.13. The summed E-state index contributed by atoms with van der Waals surface area (Å²) < 4.78 is 7.36. The molecule has 0 atom stereocenters. The van der Waals surface area contributed by atoms with E-state index in [9.17, 15) is 0 Å². The normalized spacial score (nSPS) is 10.7. The smallest absolute Gasteiger partial charge is 0.234 e. The Morgan fingerprint density at radius 2 is 2.00 bits per heavy atom. The number of ether oxygens (including phenoxy) is 1. The van der Waals surface area contributed by atoms with Gasteiger partial charge in [0.25, 0.3) is 0 Å². The molecule has 0 unspecified atom stereocenters. The minimum Gasteiger partial charge on any atom is -0.378 e. The van der Waals surface area contributed by atoms with Gasteiger partial charge in [0.1, 0.15) is 6.61 Å². The van der Waals surface area contributed by atoms with Gasteiger partial charge in [-0.25, -0.2) is 0 Å². The Morgan fingerprint density at radius 3 is 2.42 bits per heavy atom. The average Bonchev–Trinajstić information content (AvgIpc) is 2.25. The molecule has 0 fully saturated rings. The lowest BCUT2D eigenvalue weighted by molar-refractivity contribution is -0.705. The zero-order valence-electron chi connectivity index (χ0n) is 8.18. The van der Waals surface area contributed by atoms with E-state index in [0.29, 0.717) is 0 Å². The van der Waals surface area contributed by atoms with Gasteiger partial charge in [0.05, 0.1) is 4.88 Å². The second-order valence-corrected chi connectivity index (χ2v) is 4.31. The van der Waals surface area contributed by atoms with Crippen LogP contribution in [0.2, 0.25) is 0 Å². The van der Waals surface area contributed by atoms with Crippen molar-refractivity contribution in [1.82, 2.24) is 0 Å². The van der Waals surface area contributed by atoms with Crippen LogP contribution >= 0.6 is 11.3 Å². The molecule has 0 saturated carbocycles. The van der Waals surface area contributed by atoms with E-state index in [4.69, 9.17) is 4.74 Å². The lowest BCUT2D eigenvalue weighted by Crippen LogP contribution is -2.39. The van der Waals surface area contributed by atoms with Gasteiger partial charge in [-0.1, -0.05) is 11.3 Å². The molecule has 0 bridgehead atoms. The number of methoxy groups -OCH3 is 1. The summed E-state index contributed by atoms with van der Waals surface area (Å²) in [5, 5.41) is 1.36. The van der Waals surface area contributed by atoms with E-state index in [1.165, 1.54) is 15.6 Å². The first-order valence-corrected chi connectivity index (χ1v) is 4.94. The fourth-order valence-electron chi connectivity index (χ4n) is 1.28. The molecule has 0 aromatic carbocycles. The molecule has 0 radical (unpaired) electrons. The van der Waals surface area contributed by atoms with E-state index in [2.05, 4.69) is 25.3 Å². The highest BCUT2D eigenvalue weighted by Gasteiger charge is 2.16. The molecule has 0 spiro atoms. The van der Waals surface area contributed by atoms with E-state index >= 15 is 0 Å². The Bertz CT molecular complexity index is 268. The van der Waals surface area contributed by atoms with Crippen molar-refractivity contribution in [2.75, 3.05) is 13.7 Å². The summed E-state index contributed by atoms with van der Waals surface area (Å²) in [4.78, 5) is 1.41. The van der Waals surface area contributed by atoms with Gasteiger partial charge in [-0.05, 0) is 6.92 Å². The lowest BCUT2D eigenvalue weighted by atomic mass is 10.4. The Hall–Kier alpha value is -0.410. The molecule has 0 aliphatic rings. The van der Waals surface area contributed by atoms with Crippen LogP contribution in [0.3, 0.4) is 0 Å². The standard InChI is InChI=1S/C9H16NOS/c1-7-8(2)12-9(3)10(7)5-6-11-4/h5-6H2,1-4H3/q+1. The van der Waals surface area contributed by atoms with Crippen molar-refractivity contribution in [2.24, 2.45) is 0 Å². The van der Waals surface area contributed by atoms with Crippen molar-refractivity contribution < 1.29 is 9.30 Å². The average molecular weight is 186 g/mol. The second kappa shape index (κ2) is 4.01. The Balaban J connectivity index is 2.82. The molecule has 2 nitrogen and oxygen atoms in total. The molecule has 0 aliphatic heterocycles. The molecule has 0 aliphatic carbocycles. The highest BCUT2D eigenvalue weighted by molar-refractivity contribution is 7.11. The lowest BCUT2D eigenvalue weighted by Gasteiger charge is -1.95. The van der Waals surface area contributed by atoms with Gasteiger partial charge in [0.15, 0.2) is 12.2 Å². The first-order chi connectivity index (χ1) is 5.66. The quantitative estimate of drug-likeness (QED) is 0.654. The summed E-state index contributed by atoms with van der Waals surface area (Å²) in [6, 6.07) is 0. The van der Waals surface area contributed by atoms with Crippen LogP contribution in [0.4, 0.5) is 0 Å². The van der Waals surface area contributed by atoms with Gasteiger partial charge in [-0.3, -0.25) is 0 Å². The van der Waals surface area contributed by atoms with Crippen LogP contribution in [0.15, 0.2) is 0 Å². The van der Waals surface area contributed by atoms with E-state index in [-0.39, 0.29) is 0 Å². The van der Waals surface area contributed by atoms with Crippen LogP contribution in [0.1, 0.15) is 15.6 Å². The third-order valence-electron chi connectivity index (χ3n) is 2.11. The molecule has 1 heterocycles. The van der Waals surface area contributed by atoms with Gasteiger partial charge in [-0.15, -0.1) is 0 Å². The first kappa shape index (κ1) is 9.68. The van der Waals surface area contributed by atoms with Crippen LogP contribution in [-0.2, 0) is 11.3 Å². The van der Waals surface area contributed by atoms with Crippen LogP contribution in [-0.4, -0.2) is 13.7 Å². The molecule has 1 rings (SSSR count). The molecule has 0 N–H and O–H groups in total. The third-order valence-corrected chi connectivity index (χ3v) is 3.23. The maximum atomic E-state index is 5.05. The molecule has 1 aromatic rings. The monoisotopic (exact) mass is 186 g/mol. The summed E-state index contributed by atoms with van der Waals surface area (Å²) in [5.41, 5.74) is 1.37. The zero-order chi connectivity index (χ0) is 9.14. The van der Waals surface area contributed by atoms with E-state index in [1.807, 2.05) is 11.3 Å². The van der Waals surface area contributed by atoms with E-state index < -0.39 is 0 Å². The van der Waals surface area contributed by atoms with Crippen molar-refractivity contribution in [3.05, 3.63) is 15.6 Å². The minimum atomic E-state index is 0.794. The van der Waals surface area contributed by atoms with Crippen LogP contribution in [0, 0.1) is 20.8 Å². The molecular weight excluding hydrogens is 170 g/mol. The summed E-state index contributed by atoms with van der Waals surface area (Å²) in [6.07, 6.45) is 0. The van der Waals surface area contributed by atoms with Crippen LogP contribution < -0.4 is 4.57 Å². The molecule has 3 heteroatoms. The van der Waals surface area contributed by atoms with Gasteiger partial charge >= 0.3 is 0 Å². The zero-order valence-corrected chi connectivity index (χ0v) is 8.99. The predicted molar refractivity (Wildman–Crippen MR) is 50.6 cm³/mol. The van der Waals surface area contributed by atoms with Crippen LogP contribution in [0.25, 0.3) is 0 Å². The highest BCUT2D eigenvalue weighted by atomic mass is 32.1. The van der Waals surface area contributed by atoms with Crippen molar-refractivity contribution >= 4 is 11.3 Å². The SMILES string of the molecule is COCC[n+]1c(C)sc(C)c1C. The van der Waals surface area contributed by atoms with Gasteiger partial charge in [-0.2, -0.15) is 4.57 Å². The molecular formula is C9H16NOS+. The number of rotatable bonds is 3. The largest absolute Gasteiger partial charge is 0.378 e. The van der Waals surface area contributed by atoms with Crippen molar-refractivity contribution in [2.45, 2.75) is 27.3 Å². The van der Waals surface area contributed by atoms with Crippen molar-refractivity contribution in [3.8, 4) is 0 Å². The van der Waals surface area contributed by atoms with Crippen molar-refractivity contribution in [3.63, 3.8) is 0 Å². The molecule has 0 amide bonds. The molecule has 68 valence electrons. The van der Waals surface area contributed by atoms with Crippen molar-refractivity contribution in [1.29, 1.82) is 0 Å². The maximum Gasteiger partial charge on any atom is 0.234 e. The number of hydrogen-bond donors (Lipinski definition) is 0. The maximum absolute atomic E-state index is 5.05. The second-order valence-electron chi connectivity index (χ2n) is 2.91. The number of aromatic nitrogens is 1. The predicted octanol–water partition coefficient (Wildman–Crippen LogP) is 1.61. The molecule has 0 saturated heterocycles. The third kappa shape index (κ3) is 1.84. The van der Waals surface area contributed by atoms with Gasteiger partial charge in [0.2, 0.25) is 5.01 Å². The minimum absolute atomic E-state index is 0.794. The number of nitrogens with zero attached hydrogens (tertiary/aromatic N) is 1. The summed E-state index contributed by atoms with van der Waals surface area (Å²) in [5.74, 6) is 0. The van der Waals surface area contributed by atoms with Gasteiger partial charge < -0.3 is 4.74 Å². The number of aryl methyl sites for hydroxylation is 2. The first-order valence-electron chi connectivity index (χ1n) is 4.12. The molecule has 1 aromatic heterocycles.